The van der Waals surface area contributed by atoms with Crippen LogP contribution in [0.3, 0.4) is 0 Å². The molecule has 1 rings (SSSR count). The van der Waals surface area contributed by atoms with Crippen molar-refractivity contribution in [2.75, 3.05) is 12.8 Å². The molecule has 5 heteroatoms. The molecule has 0 amide bonds. The number of carbonyl (C=O) groups excluding carboxylic acids is 1. The van der Waals surface area contributed by atoms with Crippen molar-refractivity contribution in [1.29, 1.82) is 0 Å². The lowest BCUT2D eigenvalue weighted by Gasteiger charge is -2.25. The lowest BCUT2D eigenvalue weighted by Crippen LogP contribution is -2.49. The van der Waals surface area contributed by atoms with E-state index < -0.39 is 17.4 Å². The summed E-state index contributed by atoms with van der Waals surface area (Å²) in [6.45, 7) is 1.20. The van der Waals surface area contributed by atoms with Gasteiger partial charge in [0.05, 0.1) is 0 Å². The highest BCUT2D eigenvalue weighted by Crippen LogP contribution is 2.20. The van der Waals surface area contributed by atoms with Crippen molar-refractivity contribution in [2.45, 2.75) is 18.9 Å². The summed E-state index contributed by atoms with van der Waals surface area (Å²) in [6.07, 6.45) is -0.0194. The van der Waals surface area contributed by atoms with E-state index in [4.69, 9.17) is 15.6 Å². The van der Waals surface area contributed by atoms with E-state index >= 15 is 0 Å². The fourth-order valence-corrected chi connectivity index (χ4v) is 1.58. The monoisotopic (exact) mass is 237 g/mol. The van der Waals surface area contributed by atoms with Crippen molar-refractivity contribution in [1.82, 2.24) is 0 Å². The number of carboxylic acid groups (broad SMARTS) is 1. The second-order valence-corrected chi connectivity index (χ2v) is 3.81. The minimum Gasteiger partial charge on any atom is -0.479 e. The Bertz CT molecular complexity index is 411. The maximum absolute atomic E-state index is 11.5. The summed E-state index contributed by atoms with van der Waals surface area (Å²) in [4.78, 5) is 22.7. The van der Waals surface area contributed by atoms with Gasteiger partial charge in [-0.1, -0.05) is 12.1 Å². The van der Waals surface area contributed by atoms with Crippen LogP contribution in [0.2, 0.25) is 0 Å². The first-order valence-electron chi connectivity index (χ1n) is 5.06. The highest BCUT2D eigenvalue weighted by molar-refractivity contribution is 6.05. The normalized spacial score (nSPS) is 14.0. The number of rotatable bonds is 5. The Balaban J connectivity index is 3.06. The van der Waals surface area contributed by atoms with Crippen LogP contribution in [0.5, 0.6) is 0 Å². The van der Waals surface area contributed by atoms with Crippen LogP contribution in [0.1, 0.15) is 12.5 Å². The molecule has 1 aromatic rings. The number of anilines is 1. The highest BCUT2D eigenvalue weighted by Gasteiger charge is 2.43. The number of nitrogen functional groups attached to an aromatic ring is 1. The zero-order valence-electron chi connectivity index (χ0n) is 9.77. The summed E-state index contributed by atoms with van der Waals surface area (Å²) in [7, 11) is 1.22. The average molecular weight is 237 g/mol. The molecule has 0 radical (unpaired) electrons. The van der Waals surface area contributed by atoms with Crippen LogP contribution < -0.4 is 5.73 Å². The number of benzene rings is 1. The zero-order valence-corrected chi connectivity index (χ0v) is 9.77. The van der Waals surface area contributed by atoms with Gasteiger partial charge in [-0.15, -0.1) is 0 Å². The van der Waals surface area contributed by atoms with Crippen LogP contribution in [-0.2, 0) is 20.7 Å². The van der Waals surface area contributed by atoms with Gasteiger partial charge >= 0.3 is 5.97 Å². The van der Waals surface area contributed by atoms with E-state index in [-0.39, 0.29) is 6.42 Å². The minimum atomic E-state index is -1.82. The smallest absolute Gasteiger partial charge is 0.344 e. The SMILES string of the molecule is CO[C@](Cc1ccc(N)cc1)(C(C)=O)C(=O)O. The molecule has 0 spiro atoms. The lowest BCUT2D eigenvalue weighted by atomic mass is 9.90. The fourth-order valence-electron chi connectivity index (χ4n) is 1.58. The number of carboxylic acids is 1. The Hall–Kier alpha value is -1.88. The molecule has 0 heterocycles. The summed E-state index contributed by atoms with van der Waals surface area (Å²) in [5.41, 5.74) is 4.96. The summed E-state index contributed by atoms with van der Waals surface area (Å²) in [6, 6.07) is 6.65. The van der Waals surface area contributed by atoms with Crippen LogP contribution in [0.15, 0.2) is 24.3 Å². The second-order valence-electron chi connectivity index (χ2n) is 3.81. The van der Waals surface area contributed by atoms with Gasteiger partial charge in [0.25, 0.3) is 0 Å². The van der Waals surface area contributed by atoms with E-state index in [0.717, 1.165) is 0 Å². The molecule has 0 aromatic heterocycles. The zero-order chi connectivity index (χ0) is 13.1. The minimum absolute atomic E-state index is 0.0194. The molecule has 5 nitrogen and oxygen atoms in total. The van der Waals surface area contributed by atoms with Crippen LogP contribution in [-0.4, -0.2) is 29.6 Å². The van der Waals surface area contributed by atoms with Crippen molar-refractivity contribution in [3.63, 3.8) is 0 Å². The lowest BCUT2D eigenvalue weighted by molar-refractivity contribution is -0.167. The quantitative estimate of drug-likeness (QED) is 0.586. The summed E-state index contributed by atoms with van der Waals surface area (Å²) in [5.74, 6) is -1.83. The Morgan fingerprint density at radius 1 is 1.35 bits per heavy atom. The number of methoxy groups -OCH3 is 1. The second kappa shape index (κ2) is 4.97. The molecule has 0 aliphatic rings. The number of Topliss-reactive ketones (excluding diaryl/α,β-unsaturated/α-hetero) is 1. The topological polar surface area (TPSA) is 89.6 Å². The fraction of sp³-hybridized carbons (Fsp3) is 0.333. The van der Waals surface area contributed by atoms with Crippen molar-refractivity contribution >= 4 is 17.4 Å². The third kappa shape index (κ3) is 2.62. The van der Waals surface area contributed by atoms with Gasteiger partial charge in [-0.2, -0.15) is 0 Å². The Morgan fingerprint density at radius 3 is 2.24 bits per heavy atom. The van der Waals surface area contributed by atoms with Gasteiger partial charge in [0, 0.05) is 19.2 Å². The van der Waals surface area contributed by atoms with E-state index in [1.807, 2.05) is 0 Å². The molecule has 0 aliphatic heterocycles. The number of carbonyl (C=O) groups is 2. The van der Waals surface area contributed by atoms with Gasteiger partial charge in [0.2, 0.25) is 5.60 Å². The first kappa shape index (κ1) is 13.2. The number of nitrogens with two attached hydrogens (primary N) is 1. The first-order valence-corrected chi connectivity index (χ1v) is 5.06. The molecule has 17 heavy (non-hydrogen) atoms. The third-order valence-corrected chi connectivity index (χ3v) is 2.70. The maximum Gasteiger partial charge on any atom is 0.344 e. The molecule has 1 aromatic carbocycles. The third-order valence-electron chi connectivity index (χ3n) is 2.70. The Labute approximate surface area is 99.2 Å². The van der Waals surface area contributed by atoms with Crippen LogP contribution in [0.4, 0.5) is 5.69 Å². The van der Waals surface area contributed by atoms with Crippen molar-refractivity contribution in [3.8, 4) is 0 Å². The molecular formula is C12H15NO4. The van der Waals surface area contributed by atoms with Gasteiger partial charge in [0.15, 0.2) is 5.78 Å². The Morgan fingerprint density at radius 2 is 1.88 bits per heavy atom. The van der Waals surface area contributed by atoms with E-state index in [1.165, 1.54) is 14.0 Å². The predicted octanol–water partition coefficient (Wildman–Crippen LogP) is 0.870. The largest absolute Gasteiger partial charge is 0.479 e. The average Bonchev–Trinajstić information content (AvgIpc) is 2.27. The Kier molecular flexibility index (Phi) is 3.85. The summed E-state index contributed by atoms with van der Waals surface area (Å²) in [5, 5.41) is 9.14. The maximum atomic E-state index is 11.5. The van der Waals surface area contributed by atoms with Crippen LogP contribution >= 0.6 is 0 Å². The predicted molar refractivity (Wildman–Crippen MR) is 62.6 cm³/mol. The molecule has 1 atom stereocenters. The molecular weight excluding hydrogens is 222 g/mol. The van der Waals surface area contributed by atoms with Gasteiger partial charge in [-0.25, -0.2) is 4.79 Å². The molecule has 0 fully saturated rings. The molecule has 0 saturated carbocycles. The van der Waals surface area contributed by atoms with Gasteiger partial charge in [-0.3, -0.25) is 4.79 Å². The number of hydrogen-bond donors (Lipinski definition) is 2. The molecule has 3 N–H and O–H groups in total. The standard InChI is InChI=1S/C12H15NO4/c1-8(14)12(17-2,11(15)16)7-9-3-5-10(13)6-4-9/h3-6H,7,13H2,1-2H3,(H,15,16)/t12-/m1/s1. The number of aliphatic carboxylic acids is 1. The van der Waals surface area contributed by atoms with Gasteiger partial charge in [-0.05, 0) is 24.6 Å². The van der Waals surface area contributed by atoms with E-state index in [2.05, 4.69) is 0 Å². The first-order chi connectivity index (χ1) is 7.92. The molecule has 0 unspecified atom stereocenters. The van der Waals surface area contributed by atoms with E-state index in [0.29, 0.717) is 11.3 Å². The highest BCUT2D eigenvalue weighted by atomic mass is 16.5. The molecule has 0 bridgehead atoms. The van der Waals surface area contributed by atoms with Gasteiger partial charge in [0.1, 0.15) is 0 Å². The summed E-state index contributed by atoms with van der Waals surface area (Å²) < 4.78 is 4.91. The number of hydrogen-bond acceptors (Lipinski definition) is 4. The van der Waals surface area contributed by atoms with Crippen molar-refractivity contribution < 1.29 is 19.4 Å². The van der Waals surface area contributed by atoms with Gasteiger partial charge < -0.3 is 15.6 Å². The molecule has 92 valence electrons. The van der Waals surface area contributed by atoms with Crippen molar-refractivity contribution in [3.05, 3.63) is 29.8 Å². The van der Waals surface area contributed by atoms with Crippen molar-refractivity contribution in [2.24, 2.45) is 0 Å². The number of ether oxygens (including phenoxy) is 1. The molecule has 0 saturated heterocycles. The number of ketones is 1. The summed E-state index contributed by atoms with van der Waals surface area (Å²) >= 11 is 0. The van der Waals surface area contributed by atoms with Crippen LogP contribution in [0, 0.1) is 0 Å². The van der Waals surface area contributed by atoms with E-state index in [1.54, 1.807) is 24.3 Å². The van der Waals surface area contributed by atoms with E-state index in [9.17, 15) is 9.59 Å². The van der Waals surface area contributed by atoms with Crippen LogP contribution in [0.25, 0.3) is 0 Å². The molecule has 0 aliphatic carbocycles.